The Morgan fingerprint density at radius 1 is 0.367 bits per heavy atom. The molecule has 0 atom stereocenters. The molecule has 1 heteroatoms. The molecular formula is C48H30O. The van der Waals surface area contributed by atoms with Crippen LogP contribution in [0.15, 0.2) is 186 Å². The van der Waals surface area contributed by atoms with E-state index in [1.54, 1.807) is 0 Å². The first-order valence-electron chi connectivity index (χ1n) is 18.9. The lowest BCUT2D eigenvalue weighted by atomic mass is 9.84. The highest BCUT2D eigenvalue weighted by Crippen LogP contribution is 2.47. The number of hydrogen-bond acceptors (Lipinski definition) is 1. The van der Waals surface area contributed by atoms with Crippen LogP contribution in [0.4, 0.5) is 0 Å². The first-order chi connectivity index (χ1) is 26.4. The molecule has 0 N–H and O–H groups in total. The number of benzene rings is 9. The van der Waals surface area contributed by atoms with Crippen LogP contribution in [0.3, 0.4) is 0 Å². The quantitative estimate of drug-likeness (QED) is 0.177. The van der Waals surface area contributed by atoms with Crippen LogP contribution in [0.25, 0.3) is 98.8 Å². The normalized spacial score (nSPS) is 13.1. The number of rotatable bonds is 4. The van der Waals surface area contributed by atoms with Crippen molar-refractivity contribution in [2.75, 3.05) is 0 Å². The highest BCUT2D eigenvalue weighted by atomic mass is 16.3. The average molecular weight is 628 g/mol. The van der Waals surface area contributed by atoms with Gasteiger partial charge in [0.2, 0.25) is 0 Å². The van der Waals surface area contributed by atoms with Gasteiger partial charge in [-0.05, 0) is 107 Å². The van der Waals surface area contributed by atoms with Gasteiger partial charge in [0.1, 0.15) is 11.2 Å². The van der Waals surface area contributed by atoms with Crippen molar-refractivity contribution in [3.63, 3.8) is 0 Å². The Bertz CT molecular complexity index is 3080. The fourth-order valence-corrected chi connectivity index (χ4v) is 7.53. The van der Waals surface area contributed by atoms with Crippen molar-refractivity contribution in [1.29, 1.82) is 0 Å². The Labute approximate surface area is 291 Å². The van der Waals surface area contributed by atoms with E-state index in [1.807, 2.05) is 24.3 Å². The maximum atomic E-state index is 8.50. The summed E-state index contributed by atoms with van der Waals surface area (Å²) in [7, 11) is 0. The molecule has 0 saturated carbocycles. The first kappa shape index (κ1) is 23.0. The molecule has 0 saturated heterocycles. The van der Waals surface area contributed by atoms with Crippen LogP contribution in [-0.2, 0) is 0 Å². The molecule has 0 aliphatic heterocycles. The summed E-state index contributed by atoms with van der Waals surface area (Å²) in [6, 6.07) is 51.1. The first-order valence-corrected chi connectivity index (χ1v) is 16.4. The van der Waals surface area contributed by atoms with Crippen LogP contribution in [0.5, 0.6) is 0 Å². The van der Waals surface area contributed by atoms with E-state index < -0.39 is 6.04 Å². The minimum absolute atomic E-state index is 0.203. The summed E-state index contributed by atoms with van der Waals surface area (Å²) in [5.74, 6) is 0. The van der Waals surface area contributed by atoms with Gasteiger partial charge in [0, 0.05) is 10.8 Å². The molecule has 0 aliphatic rings. The summed E-state index contributed by atoms with van der Waals surface area (Å²) >= 11 is 0. The SMILES string of the molecule is [2H]c1c([2H])c([2H])c(-c2ccc3cc(-c4c5ccccc5c(-c5cccc6oc7ccc(-c8ccccc8)cc7c56)c5ccccc45)ccc3c2)c([2H])c1[2H]. The second-order valence-electron chi connectivity index (χ2n) is 12.5. The highest BCUT2D eigenvalue weighted by Gasteiger charge is 2.20. The van der Waals surface area contributed by atoms with Gasteiger partial charge in [0.05, 0.1) is 6.85 Å². The van der Waals surface area contributed by atoms with Gasteiger partial charge in [-0.3, -0.25) is 0 Å². The fourth-order valence-electron chi connectivity index (χ4n) is 7.53. The molecule has 1 heterocycles. The van der Waals surface area contributed by atoms with Gasteiger partial charge < -0.3 is 4.42 Å². The lowest BCUT2D eigenvalue weighted by Gasteiger charge is -2.18. The zero-order chi connectivity index (χ0) is 36.7. The molecule has 10 rings (SSSR count). The van der Waals surface area contributed by atoms with E-state index >= 15 is 0 Å². The molecule has 0 amide bonds. The Balaban J connectivity index is 1.19. The predicted molar refractivity (Wildman–Crippen MR) is 208 cm³/mol. The lowest BCUT2D eigenvalue weighted by molar-refractivity contribution is 0.669. The van der Waals surface area contributed by atoms with Crippen molar-refractivity contribution in [2.24, 2.45) is 0 Å². The Morgan fingerprint density at radius 3 is 1.67 bits per heavy atom. The summed E-state index contributed by atoms with van der Waals surface area (Å²) in [5.41, 5.74) is 9.28. The third-order valence-electron chi connectivity index (χ3n) is 9.72. The minimum Gasteiger partial charge on any atom is -0.456 e. The minimum atomic E-state index is -0.392. The summed E-state index contributed by atoms with van der Waals surface area (Å²) < 4.78 is 47.8. The highest BCUT2D eigenvalue weighted by molar-refractivity contribution is 6.26. The molecule has 0 radical (unpaired) electrons. The predicted octanol–water partition coefficient (Wildman–Crippen LogP) is 13.7. The Hall–Kier alpha value is -6.44. The number of hydrogen-bond donors (Lipinski definition) is 0. The van der Waals surface area contributed by atoms with E-state index in [0.717, 1.165) is 87.6 Å². The van der Waals surface area contributed by atoms with E-state index in [4.69, 9.17) is 11.3 Å². The largest absolute Gasteiger partial charge is 0.456 e. The van der Waals surface area contributed by atoms with Crippen molar-refractivity contribution < 1.29 is 11.3 Å². The van der Waals surface area contributed by atoms with Gasteiger partial charge in [-0.15, -0.1) is 0 Å². The van der Waals surface area contributed by atoms with Crippen LogP contribution >= 0.6 is 0 Å². The van der Waals surface area contributed by atoms with E-state index in [9.17, 15) is 0 Å². The summed E-state index contributed by atoms with van der Waals surface area (Å²) in [6.45, 7) is 0. The van der Waals surface area contributed by atoms with E-state index in [0.29, 0.717) is 5.56 Å². The second kappa shape index (κ2) is 11.1. The van der Waals surface area contributed by atoms with Gasteiger partial charge in [0.25, 0.3) is 0 Å². The molecule has 1 aromatic heterocycles. The summed E-state index contributed by atoms with van der Waals surface area (Å²) in [6.07, 6.45) is 0. The van der Waals surface area contributed by atoms with Crippen molar-refractivity contribution >= 4 is 54.3 Å². The van der Waals surface area contributed by atoms with Gasteiger partial charge in [-0.1, -0.05) is 152 Å². The molecule has 9 aromatic carbocycles. The Morgan fingerprint density at radius 2 is 0.959 bits per heavy atom. The van der Waals surface area contributed by atoms with Crippen LogP contribution in [-0.4, -0.2) is 0 Å². The summed E-state index contributed by atoms with van der Waals surface area (Å²) in [5, 5.41) is 8.64. The lowest BCUT2D eigenvalue weighted by Crippen LogP contribution is -1.91. The zero-order valence-corrected chi connectivity index (χ0v) is 26.3. The van der Waals surface area contributed by atoms with Crippen LogP contribution in [0.1, 0.15) is 6.85 Å². The van der Waals surface area contributed by atoms with E-state index in [1.165, 1.54) is 0 Å². The maximum absolute atomic E-state index is 8.50. The topological polar surface area (TPSA) is 13.1 Å². The zero-order valence-electron chi connectivity index (χ0n) is 31.3. The molecule has 0 bridgehead atoms. The molecule has 0 aliphatic carbocycles. The van der Waals surface area contributed by atoms with Gasteiger partial charge in [0.15, 0.2) is 0 Å². The molecule has 1 nitrogen and oxygen atoms in total. The molecular weight excluding hydrogens is 593 g/mol. The van der Waals surface area contributed by atoms with Crippen molar-refractivity contribution in [2.45, 2.75) is 0 Å². The fraction of sp³-hybridized carbons (Fsp3) is 0. The molecule has 49 heavy (non-hydrogen) atoms. The number of fused-ring (bicyclic) bond motifs is 6. The van der Waals surface area contributed by atoms with Crippen LogP contribution < -0.4 is 0 Å². The smallest absolute Gasteiger partial charge is 0.136 e. The molecule has 10 aromatic rings. The monoisotopic (exact) mass is 627 g/mol. The van der Waals surface area contributed by atoms with Crippen molar-refractivity contribution in [3.05, 3.63) is 182 Å². The summed E-state index contributed by atoms with van der Waals surface area (Å²) in [4.78, 5) is 0. The van der Waals surface area contributed by atoms with Gasteiger partial charge in [-0.2, -0.15) is 0 Å². The van der Waals surface area contributed by atoms with E-state index in [-0.39, 0.29) is 29.7 Å². The Kier molecular flexibility index (Phi) is 5.20. The van der Waals surface area contributed by atoms with E-state index in [2.05, 4.69) is 127 Å². The third-order valence-corrected chi connectivity index (χ3v) is 9.72. The standard InChI is InChI=1S/C48H30O/c1-3-12-31(13-4-1)33-22-23-35-29-37(25-24-34(35)28-33)46-38-16-7-9-18-40(38)47(41-19-10-8-17-39(41)46)42-20-11-21-45-48(42)43-30-36(26-27-44(43)49-45)32-14-5-2-6-15-32/h1-30H/i1D,3D,4D,12D,13D. The maximum Gasteiger partial charge on any atom is 0.136 e. The van der Waals surface area contributed by atoms with Crippen molar-refractivity contribution in [1.82, 2.24) is 0 Å². The third kappa shape index (κ3) is 4.47. The average Bonchev–Trinajstić information content (AvgIpc) is 3.60. The van der Waals surface area contributed by atoms with Crippen LogP contribution in [0.2, 0.25) is 0 Å². The van der Waals surface area contributed by atoms with Gasteiger partial charge in [-0.25, -0.2) is 0 Å². The molecule has 0 unspecified atom stereocenters. The van der Waals surface area contributed by atoms with Gasteiger partial charge >= 0.3 is 0 Å². The molecule has 0 fully saturated rings. The number of furan rings is 1. The molecule has 228 valence electrons. The second-order valence-corrected chi connectivity index (χ2v) is 12.5. The molecule has 0 spiro atoms. The van der Waals surface area contributed by atoms with Crippen molar-refractivity contribution in [3.8, 4) is 44.5 Å². The van der Waals surface area contributed by atoms with Crippen LogP contribution in [0, 0.1) is 0 Å².